The van der Waals surface area contributed by atoms with E-state index in [-0.39, 0.29) is 22.6 Å². The summed E-state index contributed by atoms with van der Waals surface area (Å²) in [5, 5.41) is -1.78. The van der Waals surface area contributed by atoms with Crippen LogP contribution in [0.1, 0.15) is 59.3 Å². The monoisotopic (exact) mass is 530 g/mol. The first-order chi connectivity index (χ1) is 16.6. The summed E-state index contributed by atoms with van der Waals surface area (Å²) in [6.45, 7) is 6.15. The lowest BCUT2D eigenvalue weighted by Crippen LogP contribution is -2.55. The largest absolute Gasteiger partial charge is 0.468 e. The highest BCUT2D eigenvalue weighted by Crippen LogP contribution is 2.78. The van der Waals surface area contributed by atoms with Gasteiger partial charge in [0.2, 0.25) is 5.16 Å². The molecule has 1 aliphatic carbocycles. The molecule has 1 fully saturated rings. The van der Waals surface area contributed by atoms with E-state index in [2.05, 4.69) is 20.8 Å². The van der Waals surface area contributed by atoms with Crippen LogP contribution in [-0.2, 0) is 38.1 Å². The molecule has 0 bridgehead atoms. The van der Waals surface area contributed by atoms with Gasteiger partial charge in [-0.3, -0.25) is 14.4 Å². The summed E-state index contributed by atoms with van der Waals surface area (Å²) in [6, 6.07) is 0. The molecule has 1 unspecified atom stereocenters. The van der Waals surface area contributed by atoms with Gasteiger partial charge in [0.1, 0.15) is 11.8 Å². The minimum atomic E-state index is -2.56. The third-order valence-corrected chi connectivity index (χ3v) is 12.8. The Morgan fingerprint density at radius 1 is 0.686 bits per heavy atom. The second kappa shape index (κ2) is 14.2. The minimum absolute atomic E-state index is 0.103. The van der Waals surface area contributed by atoms with Gasteiger partial charge >= 0.3 is 23.9 Å². The topological polar surface area (TPSA) is 105 Å². The summed E-state index contributed by atoms with van der Waals surface area (Å²) < 4.78 is 20.4. The van der Waals surface area contributed by atoms with E-state index >= 15 is 0 Å². The number of methoxy groups -OCH3 is 4. The number of esters is 4. The number of rotatable bonds is 14. The molecule has 10 heteroatoms. The third kappa shape index (κ3) is 5.71. The fraction of sp³-hybridized carbons (Fsp3) is 0.680. The zero-order valence-electron chi connectivity index (χ0n) is 22.0. The summed E-state index contributed by atoms with van der Waals surface area (Å²) in [5.41, 5.74) is 0. The molecule has 0 aromatic rings. The van der Waals surface area contributed by atoms with Gasteiger partial charge in [0, 0.05) is 7.26 Å². The molecule has 3 radical (unpaired) electrons. The lowest BCUT2D eigenvalue weighted by molar-refractivity contribution is -0.147. The molecule has 0 aromatic heterocycles. The van der Waals surface area contributed by atoms with Crippen molar-refractivity contribution in [3.63, 3.8) is 0 Å². The van der Waals surface area contributed by atoms with E-state index in [1.54, 1.807) is 0 Å². The van der Waals surface area contributed by atoms with Crippen molar-refractivity contribution in [1.82, 2.24) is 0 Å². The van der Waals surface area contributed by atoms with Crippen LogP contribution in [0, 0.1) is 17.8 Å². The Bertz CT molecular complexity index is 764. The van der Waals surface area contributed by atoms with Crippen LogP contribution in [0.3, 0.4) is 0 Å². The summed E-state index contributed by atoms with van der Waals surface area (Å²) in [5.74, 6) is -4.45. The number of hydrogen-bond acceptors (Lipinski definition) is 9. The van der Waals surface area contributed by atoms with Gasteiger partial charge < -0.3 is 18.9 Å². The molecule has 0 saturated heterocycles. The molecule has 1 aliphatic rings. The highest BCUT2D eigenvalue weighted by molar-refractivity contribution is 7.86. The molecule has 0 heterocycles. The van der Waals surface area contributed by atoms with Crippen molar-refractivity contribution < 1.29 is 38.1 Å². The molecule has 0 amide bonds. The number of carbonyl (C=O) groups is 4. The Hall–Kier alpha value is -1.60. The minimum Gasteiger partial charge on any atom is -0.468 e. The van der Waals surface area contributed by atoms with E-state index < -0.39 is 36.3 Å². The predicted octanol–water partition coefficient (Wildman–Crippen LogP) is 3.94. The van der Waals surface area contributed by atoms with E-state index in [0.717, 1.165) is 59.9 Å². The van der Waals surface area contributed by atoms with Crippen LogP contribution in [0.4, 0.5) is 0 Å². The maximum absolute atomic E-state index is 14.0. The van der Waals surface area contributed by atoms with Crippen LogP contribution in [-0.4, -0.2) is 80.8 Å². The predicted molar refractivity (Wildman–Crippen MR) is 139 cm³/mol. The van der Waals surface area contributed by atoms with Gasteiger partial charge in [-0.05, 0) is 19.3 Å². The Morgan fingerprint density at radius 2 is 1.09 bits per heavy atom. The lowest BCUT2D eigenvalue weighted by atomic mass is 9.86. The fourth-order valence-electron chi connectivity index (χ4n) is 4.88. The highest BCUT2D eigenvalue weighted by Gasteiger charge is 2.81. The molecule has 0 N–H and O–H groups in total. The lowest BCUT2D eigenvalue weighted by Gasteiger charge is -2.43. The number of hydrogen-bond donors (Lipinski definition) is 0. The van der Waals surface area contributed by atoms with Crippen molar-refractivity contribution in [3.8, 4) is 0 Å². The second-order valence-electron chi connectivity index (χ2n) is 8.51. The zero-order chi connectivity index (χ0) is 26.8. The first kappa shape index (κ1) is 31.4. The van der Waals surface area contributed by atoms with E-state index in [9.17, 15) is 19.2 Å². The smallest absolute Gasteiger partial charge is 0.356 e. The van der Waals surface area contributed by atoms with Crippen molar-refractivity contribution in [3.05, 3.63) is 17.8 Å². The van der Waals surface area contributed by atoms with Crippen LogP contribution in [0.5, 0.6) is 0 Å². The molecule has 1 atom stereocenters. The van der Waals surface area contributed by atoms with Gasteiger partial charge in [0.15, 0.2) is 5.92 Å². The molecule has 1 saturated carbocycles. The molecule has 0 aliphatic heterocycles. The van der Waals surface area contributed by atoms with Gasteiger partial charge in [-0.15, -0.1) is 0 Å². The quantitative estimate of drug-likeness (QED) is 0.143. The van der Waals surface area contributed by atoms with Crippen molar-refractivity contribution in [2.75, 3.05) is 46.9 Å². The normalized spacial score (nSPS) is 19.5. The summed E-state index contributed by atoms with van der Waals surface area (Å²) in [7, 11) is 2.11. The number of ether oxygens (including phenoxy) is 4. The number of carbonyl (C=O) groups excluding carboxylic acids is 4. The van der Waals surface area contributed by atoms with Crippen molar-refractivity contribution in [1.29, 1.82) is 0 Å². The summed E-state index contributed by atoms with van der Waals surface area (Å²) >= 11 is 5.88. The first-order valence-electron chi connectivity index (χ1n) is 12.0. The van der Waals surface area contributed by atoms with Gasteiger partial charge in [0.05, 0.1) is 51.8 Å². The summed E-state index contributed by atoms with van der Waals surface area (Å²) in [4.78, 5) is 53.4. The molecule has 35 heavy (non-hydrogen) atoms. The van der Waals surface area contributed by atoms with Crippen LogP contribution in [0.15, 0.2) is 0 Å². The van der Waals surface area contributed by atoms with E-state index in [1.165, 1.54) is 7.11 Å². The Labute approximate surface area is 215 Å². The Kier molecular flexibility index (Phi) is 12.8. The Balaban J connectivity index is 4.22. The van der Waals surface area contributed by atoms with Crippen LogP contribution in [0.2, 0.25) is 0 Å². The van der Waals surface area contributed by atoms with Crippen molar-refractivity contribution in [2.24, 2.45) is 0 Å². The number of thiocarbonyl (C=S) groups is 1. The molecular formula is C25H39O8PS+. The molecule has 1 rings (SSSR count). The maximum atomic E-state index is 14.0. The zero-order valence-corrected chi connectivity index (χ0v) is 23.7. The average Bonchev–Trinajstić information content (AvgIpc) is 3.16. The molecule has 197 valence electrons. The average molecular weight is 531 g/mol. The van der Waals surface area contributed by atoms with Crippen molar-refractivity contribution in [2.45, 2.75) is 64.5 Å². The van der Waals surface area contributed by atoms with E-state index in [0.29, 0.717) is 18.5 Å². The van der Waals surface area contributed by atoms with E-state index in [1.807, 2.05) is 0 Å². The standard InChI is InChI=1S/C25H39O8PS/c1-8-11-14-34(15-12-9-2,16-13-10-3)25(24(29)33-7)19(23(28)32-6)17(21(26)30-4)18(20(25)35)22(27)31-5/h8-16H2,1-7H3/q+1. The molecule has 0 aromatic carbocycles. The molecule has 0 spiro atoms. The van der Waals surface area contributed by atoms with Crippen LogP contribution < -0.4 is 0 Å². The van der Waals surface area contributed by atoms with E-state index in [4.69, 9.17) is 31.2 Å². The fourth-order valence-corrected chi connectivity index (χ4v) is 12.0. The maximum Gasteiger partial charge on any atom is 0.356 e. The van der Waals surface area contributed by atoms with Crippen LogP contribution in [0.25, 0.3) is 0 Å². The SMILES string of the molecule is CCCC[P+](CCCC)(CCCC)C1(C(=O)OC)[C](C(=O)OC)[C](C(=O)OC)[C](C(=O)OC)C1=S. The first-order valence-corrected chi connectivity index (χ1v) is 14.8. The second-order valence-corrected chi connectivity index (χ2v) is 13.2. The third-order valence-electron chi connectivity index (χ3n) is 6.60. The summed E-state index contributed by atoms with van der Waals surface area (Å²) in [6.07, 6.45) is 6.87. The van der Waals surface area contributed by atoms with Crippen LogP contribution >= 0.6 is 19.5 Å². The number of unbranched alkanes of at least 4 members (excludes halogenated alkanes) is 3. The van der Waals surface area contributed by atoms with Crippen molar-refractivity contribution >= 4 is 48.2 Å². The Morgan fingerprint density at radius 3 is 1.43 bits per heavy atom. The molecular weight excluding hydrogens is 491 g/mol. The van der Waals surface area contributed by atoms with Gasteiger partial charge in [-0.1, -0.05) is 52.3 Å². The molecule has 8 nitrogen and oxygen atoms in total. The highest BCUT2D eigenvalue weighted by atomic mass is 32.1. The van der Waals surface area contributed by atoms with Gasteiger partial charge in [0.25, 0.3) is 0 Å². The van der Waals surface area contributed by atoms with Gasteiger partial charge in [-0.2, -0.15) is 0 Å². The van der Waals surface area contributed by atoms with Gasteiger partial charge in [-0.25, -0.2) is 4.79 Å².